The van der Waals surface area contributed by atoms with E-state index in [4.69, 9.17) is 0 Å². The molecule has 1 amide bonds. The highest BCUT2D eigenvalue weighted by Gasteiger charge is 2.43. The highest BCUT2D eigenvalue weighted by atomic mass is 16.3. The second-order valence-corrected chi connectivity index (χ2v) is 7.10. The lowest BCUT2D eigenvalue weighted by Crippen LogP contribution is -2.34. The van der Waals surface area contributed by atoms with E-state index in [0.717, 1.165) is 13.0 Å². The molecule has 1 aromatic rings. The molecule has 25 heavy (non-hydrogen) atoms. The van der Waals surface area contributed by atoms with Crippen LogP contribution in [0.15, 0.2) is 35.7 Å². The summed E-state index contributed by atoms with van der Waals surface area (Å²) in [5.74, 6) is -0.950. The number of ketones is 1. The Bertz CT molecular complexity index is 653. The predicted octanol–water partition coefficient (Wildman–Crippen LogP) is 2.34. The van der Waals surface area contributed by atoms with Crippen molar-refractivity contribution in [2.45, 2.75) is 32.7 Å². The topological polar surface area (TPSA) is 73.7 Å². The van der Waals surface area contributed by atoms with Gasteiger partial charge in [0.15, 0.2) is 11.5 Å². The van der Waals surface area contributed by atoms with E-state index in [-0.39, 0.29) is 17.3 Å². The third-order valence-corrected chi connectivity index (χ3v) is 4.17. The quantitative estimate of drug-likeness (QED) is 0.783. The van der Waals surface area contributed by atoms with Gasteiger partial charge in [0.05, 0.1) is 11.3 Å². The molecule has 0 aliphatic carbocycles. The molecule has 0 spiro atoms. The molecule has 1 unspecified atom stereocenters. The molecule has 0 bridgehead atoms. The number of amides is 1. The highest BCUT2D eigenvalue weighted by molar-refractivity contribution is 6.08. The number of pyridine rings is 1. The summed E-state index contributed by atoms with van der Waals surface area (Å²) in [7, 11) is 3.94. The van der Waals surface area contributed by atoms with Crippen LogP contribution in [0.4, 0.5) is 0 Å². The molecule has 0 saturated heterocycles. The average molecular weight is 345 g/mol. The second-order valence-electron chi connectivity index (χ2n) is 7.10. The number of hydrogen-bond donors (Lipinski definition) is 1. The molecule has 0 radical (unpaired) electrons. The van der Waals surface area contributed by atoms with Gasteiger partial charge in [-0.1, -0.05) is 19.9 Å². The van der Waals surface area contributed by atoms with Crippen LogP contribution in [0.2, 0.25) is 0 Å². The average Bonchev–Trinajstić information content (AvgIpc) is 2.79. The molecular weight excluding hydrogens is 318 g/mol. The van der Waals surface area contributed by atoms with Crippen LogP contribution in [0.5, 0.6) is 0 Å². The Morgan fingerprint density at radius 2 is 2.08 bits per heavy atom. The zero-order chi connectivity index (χ0) is 18.6. The van der Waals surface area contributed by atoms with E-state index in [0.29, 0.717) is 18.7 Å². The Balaban J connectivity index is 2.35. The summed E-state index contributed by atoms with van der Waals surface area (Å²) in [6, 6.07) is 4.79. The number of carbonyl (C=O) groups is 2. The summed E-state index contributed by atoms with van der Waals surface area (Å²) in [4.78, 5) is 33.2. The molecule has 0 aromatic carbocycles. The van der Waals surface area contributed by atoms with Crippen LogP contribution in [0.25, 0.3) is 0 Å². The van der Waals surface area contributed by atoms with Crippen molar-refractivity contribution in [1.82, 2.24) is 14.8 Å². The van der Waals surface area contributed by atoms with Gasteiger partial charge in [0.25, 0.3) is 5.91 Å². The van der Waals surface area contributed by atoms with Gasteiger partial charge in [-0.3, -0.25) is 14.6 Å². The zero-order valence-electron chi connectivity index (χ0n) is 15.4. The third-order valence-electron chi connectivity index (χ3n) is 4.17. The first-order valence-corrected chi connectivity index (χ1v) is 8.65. The van der Waals surface area contributed by atoms with Crippen LogP contribution in [0, 0.1) is 5.92 Å². The zero-order valence-corrected chi connectivity index (χ0v) is 15.4. The number of aliphatic hydroxyl groups is 1. The standard InChI is InChI=1S/C19H27N3O3/c1-13(2)12-15(23)16-17(14-8-5-6-9-20-14)22(19(25)18(16)24)11-7-10-21(3)4/h5-6,8-9,13,17,24H,7,10-12H2,1-4H3. The first kappa shape index (κ1) is 19.1. The molecule has 1 aliphatic heterocycles. The van der Waals surface area contributed by atoms with Crippen LogP contribution in [0.3, 0.4) is 0 Å². The lowest BCUT2D eigenvalue weighted by atomic mass is 9.94. The molecule has 6 nitrogen and oxygen atoms in total. The van der Waals surface area contributed by atoms with Crippen molar-refractivity contribution in [3.05, 3.63) is 41.4 Å². The fraction of sp³-hybridized carbons (Fsp3) is 0.526. The van der Waals surface area contributed by atoms with Gasteiger partial charge in [-0.2, -0.15) is 0 Å². The number of carbonyl (C=O) groups excluding carboxylic acids is 2. The Kier molecular flexibility index (Phi) is 6.31. The molecule has 2 heterocycles. The first-order chi connectivity index (χ1) is 11.8. The Hall–Kier alpha value is -2.21. The minimum Gasteiger partial charge on any atom is -0.503 e. The van der Waals surface area contributed by atoms with Gasteiger partial charge in [0.1, 0.15) is 6.04 Å². The van der Waals surface area contributed by atoms with E-state index < -0.39 is 17.7 Å². The number of hydrogen-bond acceptors (Lipinski definition) is 5. The fourth-order valence-corrected chi connectivity index (χ4v) is 3.05. The monoisotopic (exact) mass is 345 g/mol. The van der Waals surface area contributed by atoms with Crippen molar-refractivity contribution in [3.8, 4) is 0 Å². The third kappa shape index (κ3) is 4.45. The van der Waals surface area contributed by atoms with E-state index >= 15 is 0 Å². The fourth-order valence-electron chi connectivity index (χ4n) is 3.05. The minimum atomic E-state index is -0.609. The summed E-state index contributed by atoms with van der Waals surface area (Å²) < 4.78 is 0. The molecule has 1 aliphatic rings. The van der Waals surface area contributed by atoms with E-state index in [9.17, 15) is 14.7 Å². The molecule has 1 N–H and O–H groups in total. The Morgan fingerprint density at radius 3 is 2.64 bits per heavy atom. The maximum atomic E-state index is 12.7. The molecule has 136 valence electrons. The van der Waals surface area contributed by atoms with Gasteiger partial charge in [0.2, 0.25) is 0 Å². The van der Waals surface area contributed by atoms with Crippen LogP contribution in [-0.2, 0) is 9.59 Å². The largest absolute Gasteiger partial charge is 0.503 e. The van der Waals surface area contributed by atoms with E-state index in [1.54, 1.807) is 23.2 Å². The SMILES string of the molecule is CC(C)CC(=O)C1=C(O)C(=O)N(CCCN(C)C)C1c1ccccn1. The van der Waals surface area contributed by atoms with Gasteiger partial charge in [-0.05, 0) is 45.1 Å². The summed E-state index contributed by atoms with van der Waals surface area (Å²) in [6.07, 6.45) is 2.68. The smallest absolute Gasteiger partial charge is 0.290 e. The van der Waals surface area contributed by atoms with Gasteiger partial charge < -0.3 is 14.9 Å². The van der Waals surface area contributed by atoms with Crippen molar-refractivity contribution < 1.29 is 14.7 Å². The van der Waals surface area contributed by atoms with E-state index in [1.807, 2.05) is 38.9 Å². The maximum absolute atomic E-state index is 12.7. The van der Waals surface area contributed by atoms with Gasteiger partial charge in [-0.25, -0.2) is 0 Å². The molecule has 0 saturated carbocycles. The highest BCUT2D eigenvalue weighted by Crippen LogP contribution is 2.37. The van der Waals surface area contributed by atoms with Crippen molar-refractivity contribution >= 4 is 11.7 Å². The van der Waals surface area contributed by atoms with Crippen molar-refractivity contribution in [2.24, 2.45) is 5.92 Å². The summed E-state index contributed by atoms with van der Waals surface area (Å²) >= 11 is 0. The molecule has 6 heteroatoms. The summed E-state index contributed by atoms with van der Waals surface area (Å²) in [6.45, 7) is 5.16. The second kappa shape index (κ2) is 8.25. The molecule has 0 fully saturated rings. The van der Waals surface area contributed by atoms with Crippen LogP contribution in [-0.4, -0.2) is 58.8 Å². The summed E-state index contributed by atoms with van der Waals surface area (Å²) in [5, 5.41) is 10.4. The molecule has 1 atom stereocenters. The van der Waals surface area contributed by atoms with Crippen LogP contribution >= 0.6 is 0 Å². The molecule has 2 rings (SSSR count). The molecule has 1 aromatic heterocycles. The van der Waals surface area contributed by atoms with E-state index in [1.165, 1.54) is 0 Å². The van der Waals surface area contributed by atoms with Crippen molar-refractivity contribution in [2.75, 3.05) is 27.2 Å². The van der Waals surface area contributed by atoms with Crippen molar-refractivity contribution in [3.63, 3.8) is 0 Å². The first-order valence-electron chi connectivity index (χ1n) is 8.65. The van der Waals surface area contributed by atoms with Crippen LogP contribution in [0.1, 0.15) is 38.4 Å². The maximum Gasteiger partial charge on any atom is 0.290 e. The van der Waals surface area contributed by atoms with Crippen LogP contribution < -0.4 is 0 Å². The number of Topliss-reactive ketones (excluding diaryl/α,β-unsaturated/α-hetero) is 1. The number of aromatic nitrogens is 1. The minimum absolute atomic E-state index is 0.148. The van der Waals surface area contributed by atoms with Gasteiger partial charge >= 0.3 is 0 Å². The predicted molar refractivity (Wildman–Crippen MR) is 96.0 cm³/mol. The lowest BCUT2D eigenvalue weighted by molar-refractivity contribution is -0.129. The Labute approximate surface area is 149 Å². The van der Waals surface area contributed by atoms with Crippen molar-refractivity contribution in [1.29, 1.82) is 0 Å². The molecular formula is C19H27N3O3. The van der Waals surface area contributed by atoms with Gasteiger partial charge in [0, 0.05) is 19.2 Å². The van der Waals surface area contributed by atoms with E-state index in [2.05, 4.69) is 4.98 Å². The number of nitrogens with zero attached hydrogens (tertiary/aromatic N) is 3. The number of aliphatic hydroxyl groups excluding tert-OH is 1. The Morgan fingerprint density at radius 1 is 1.36 bits per heavy atom. The number of rotatable bonds is 8. The normalized spacial score (nSPS) is 17.9. The lowest BCUT2D eigenvalue weighted by Gasteiger charge is -2.26. The van der Waals surface area contributed by atoms with Gasteiger partial charge in [-0.15, -0.1) is 0 Å². The summed E-state index contributed by atoms with van der Waals surface area (Å²) in [5.41, 5.74) is 0.791.